The highest BCUT2D eigenvalue weighted by atomic mass is 19.4. The second-order valence-electron chi connectivity index (χ2n) is 7.21. The number of anilines is 1. The summed E-state index contributed by atoms with van der Waals surface area (Å²) in [6, 6.07) is 10.1. The molecule has 0 spiro atoms. The lowest BCUT2D eigenvalue weighted by atomic mass is 10.0. The van der Waals surface area contributed by atoms with Gasteiger partial charge >= 0.3 is 6.18 Å². The van der Waals surface area contributed by atoms with Gasteiger partial charge in [-0.1, -0.05) is 11.6 Å². The van der Waals surface area contributed by atoms with E-state index < -0.39 is 17.6 Å². The highest BCUT2D eigenvalue weighted by Crippen LogP contribution is 2.31. The first kappa shape index (κ1) is 20.8. The molecule has 1 aliphatic rings. The molecule has 1 aliphatic heterocycles. The van der Waals surface area contributed by atoms with E-state index in [4.69, 9.17) is 4.74 Å². The van der Waals surface area contributed by atoms with E-state index in [9.17, 15) is 17.6 Å². The van der Waals surface area contributed by atoms with E-state index in [-0.39, 0.29) is 11.6 Å². The summed E-state index contributed by atoms with van der Waals surface area (Å²) in [4.78, 5) is 10.1. The topological polar surface area (TPSA) is 38.2 Å². The highest BCUT2D eigenvalue weighted by Gasteiger charge is 2.30. The van der Waals surface area contributed by atoms with Gasteiger partial charge in [0.05, 0.1) is 17.4 Å². The molecule has 3 aromatic rings. The van der Waals surface area contributed by atoms with Gasteiger partial charge in [0.2, 0.25) is 5.88 Å². The Kier molecular flexibility index (Phi) is 5.88. The normalized spacial score (nSPS) is 14.5. The SMILES string of the molecule is Fc1cc(C=C2CCN(c3cccnc3)CC2)cc(Oc2ccc(C(F)(F)F)cn2)c1. The van der Waals surface area contributed by atoms with Gasteiger partial charge in [0, 0.05) is 37.6 Å². The van der Waals surface area contributed by atoms with Crippen molar-refractivity contribution in [1.82, 2.24) is 9.97 Å². The lowest BCUT2D eigenvalue weighted by molar-refractivity contribution is -0.137. The molecule has 2 aromatic heterocycles. The summed E-state index contributed by atoms with van der Waals surface area (Å²) < 4.78 is 57.5. The maximum Gasteiger partial charge on any atom is 0.417 e. The summed E-state index contributed by atoms with van der Waals surface area (Å²) >= 11 is 0. The minimum atomic E-state index is -4.48. The van der Waals surface area contributed by atoms with Crippen LogP contribution in [0.1, 0.15) is 24.0 Å². The molecule has 0 saturated carbocycles. The number of rotatable bonds is 4. The van der Waals surface area contributed by atoms with Crippen LogP contribution in [0.5, 0.6) is 11.6 Å². The Bertz CT molecular complexity index is 1060. The minimum Gasteiger partial charge on any atom is -0.439 e. The molecule has 0 amide bonds. The number of hydrogen-bond acceptors (Lipinski definition) is 4. The lowest BCUT2D eigenvalue weighted by Crippen LogP contribution is -2.30. The van der Waals surface area contributed by atoms with E-state index in [1.807, 2.05) is 24.4 Å². The van der Waals surface area contributed by atoms with Gasteiger partial charge < -0.3 is 9.64 Å². The zero-order valence-electron chi connectivity index (χ0n) is 16.4. The Morgan fingerprint density at radius 3 is 2.45 bits per heavy atom. The summed E-state index contributed by atoms with van der Waals surface area (Å²) in [5.74, 6) is -0.363. The third-order valence-corrected chi connectivity index (χ3v) is 4.97. The molecule has 1 fully saturated rings. The molecule has 4 nitrogen and oxygen atoms in total. The summed E-state index contributed by atoms with van der Waals surface area (Å²) in [6.07, 6.45) is 3.38. The van der Waals surface area contributed by atoms with Gasteiger partial charge in [-0.25, -0.2) is 9.37 Å². The van der Waals surface area contributed by atoms with E-state index in [2.05, 4.69) is 14.9 Å². The fourth-order valence-corrected chi connectivity index (χ4v) is 3.43. The van der Waals surface area contributed by atoms with Crippen molar-refractivity contribution >= 4 is 11.8 Å². The van der Waals surface area contributed by atoms with Crippen LogP contribution in [0.4, 0.5) is 23.2 Å². The van der Waals surface area contributed by atoms with Crippen molar-refractivity contribution in [3.05, 3.63) is 83.6 Å². The molecule has 8 heteroatoms. The second kappa shape index (κ2) is 8.75. The molecule has 0 aliphatic carbocycles. The van der Waals surface area contributed by atoms with E-state index in [0.29, 0.717) is 11.8 Å². The van der Waals surface area contributed by atoms with Crippen molar-refractivity contribution in [1.29, 1.82) is 0 Å². The molecular formula is C23H19F4N3O. The number of benzene rings is 1. The van der Waals surface area contributed by atoms with Crippen LogP contribution in [0.15, 0.2) is 66.6 Å². The Morgan fingerprint density at radius 1 is 1.00 bits per heavy atom. The maximum atomic E-state index is 14.1. The molecule has 1 saturated heterocycles. The highest BCUT2D eigenvalue weighted by molar-refractivity contribution is 5.57. The summed E-state index contributed by atoms with van der Waals surface area (Å²) in [5, 5.41) is 0. The molecule has 160 valence electrons. The average Bonchev–Trinajstić information content (AvgIpc) is 2.74. The van der Waals surface area contributed by atoms with Gasteiger partial charge in [0.15, 0.2) is 0 Å². The molecule has 31 heavy (non-hydrogen) atoms. The minimum absolute atomic E-state index is 0.0398. The van der Waals surface area contributed by atoms with Gasteiger partial charge in [-0.2, -0.15) is 13.2 Å². The molecule has 0 radical (unpaired) electrons. The van der Waals surface area contributed by atoms with Crippen LogP contribution in [-0.2, 0) is 6.18 Å². The van der Waals surface area contributed by atoms with Crippen LogP contribution in [0, 0.1) is 5.82 Å². The Hall–Kier alpha value is -3.42. The zero-order valence-corrected chi connectivity index (χ0v) is 16.4. The summed E-state index contributed by atoms with van der Waals surface area (Å²) in [5.41, 5.74) is 2.02. The number of halogens is 4. The largest absolute Gasteiger partial charge is 0.439 e. The number of hydrogen-bond donors (Lipinski definition) is 0. The van der Waals surface area contributed by atoms with Crippen LogP contribution in [-0.4, -0.2) is 23.1 Å². The Labute approximate surface area is 176 Å². The van der Waals surface area contributed by atoms with Crippen LogP contribution in [0.25, 0.3) is 6.08 Å². The summed E-state index contributed by atoms with van der Waals surface area (Å²) in [7, 11) is 0. The number of ether oxygens (including phenoxy) is 1. The summed E-state index contributed by atoms with van der Waals surface area (Å²) in [6.45, 7) is 1.68. The Morgan fingerprint density at radius 2 is 1.81 bits per heavy atom. The number of pyridine rings is 2. The maximum absolute atomic E-state index is 14.1. The molecule has 4 rings (SSSR count). The van der Waals surface area contributed by atoms with Crippen molar-refractivity contribution < 1.29 is 22.3 Å². The van der Waals surface area contributed by atoms with E-state index in [0.717, 1.165) is 43.8 Å². The standard InChI is InChI=1S/C23H19F4N3O/c24-19-11-17(10-16-5-8-30(9-6-16)20-2-1-7-28-15-20)12-21(13-19)31-22-4-3-18(14-29-22)23(25,26)27/h1-4,7,10-15H,5-6,8-9H2. The number of nitrogens with zero attached hydrogens (tertiary/aromatic N) is 3. The van der Waals surface area contributed by atoms with Crippen molar-refractivity contribution in [3.63, 3.8) is 0 Å². The molecule has 0 N–H and O–H groups in total. The van der Waals surface area contributed by atoms with Crippen LogP contribution in [0.2, 0.25) is 0 Å². The molecular weight excluding hydrogens is 410 g/mol. The second-order valence-corrected chi connectivity index (χ2v) is 7.21. The number of alkyl halides is 3. The van der Waals surface area contributed by atoms with Gasteiger partial charge in [-0.3, -0.25) is 4.98 Å². The van der Waals surface area contributed by atoms with Crippen molar-refractivity contribution in [2.45, 2.75) is 19.0 Å². The first-order valence-corrected chi connectivity index (χ1v) is 9.73. The zero-order chi connectivity index (χ0) is 21.8. The first-order valence-electron chi connectivity index (χ1n) is 9.73. The van der Waals surface area contributed by atoms with Crippen LogP contribution < -0.4 is 9.64 Å². The monoisotopic (exact) mass is 429 g/mol. The Balaban J connectivity index is 1.44. The fraction of sp³-hybridized carbons (Fsp3) is 0.217. The van der Waals surface area contributed by atoms with Crippen molar-refractivity contribution in [2.75, 3.05) is 18.0 Å². The third-order valence-electron chi connectivity index (χ3n) is 4.97. The van der Waals surface area contributed by atoms with Gasteiger partial charge in [-0.15, -0.1) is 0 Å². The number of aromatic nitrogens is 2. The third kappa shape index (κ3) is 5.39. The number of piperidine rings is 1. The molecule has 1 aromatic carbocycles. The first-order chi connectivity index (χ1) is 14.9. The lowest BCUT2D eigenvalue weighted by Gasteiger charge is -2.30. The molecule has 3 heterocycles. The van der Waals surface area contributed by atoms with Gasteiger partial charge in [0.1, 0.15) is 11.6 Å². The van der Waals surface area contributed by atoms with Gasteiger partial charge in [0.25, 0.3) is 0 Å². The smallest absolute Gasteiger partial charge is 0.417 e. The van der Waals surface area contributed by atoms with E-state index in [1.54, 1.807) is 12.3 Å². The van der Waals surface area contributed by atoms with Crippen molar-refractivity contribution in [3.8, 4) is 11.6 Å². The van der Waals surface area contributed by atoms with Crippen LogP contribution in [0.3, 0.4) is 0 Å². The predicted molar refractivity (Wildman–Crippen MR) is 109 cm³/mol. The van der Waals surface area contributed by atoms with Gasteiger partial charge in [-0.05, 0) is 48.7 Å². The molecule has 0 unspecified atom stereocenters. The van der Waals surface area contributed by atoms with E-state index >= 15 is 0 Å². The fourth-order valence-electron chi connectivity index (χ4n) is 3.43. The molecule has 0 bridgehead atoms. The predicted octanol–water partition coefficient (Wildman–Crippen LogP) is 6.11. The van der Waals surface area contributed by atoms with Crippen LogP contribution >= 0.6 is 0 Å². The molecule has 0 atom stereocenters. The van der Waals surface area contributed by atoms with Crippen molar-refractivity contribution in [2.24, 2.45) is 0 Å². The quantitative estimate of drug-likeness (QED) is 0.469. The average molecular weight is 429 g/mol. The van der Waals surface area contributed by atoms with E-state index in [1.165, 1.54) is 17.7 Å².